The molecule has 0 aromatic rings. The lowest BCUT2D eigenvalue weighted by molar-refractivity contribution is 0.390. The summed E-state index contributed by atoms with van der Waals surface area (Å²) in [6, 6.07) is 0. The Labute approximate surface area is 123 Å². The highest BCUT2D eigenvalue weighted by Gasteiger charge is 2.14. The molecule has 0 amide bonds. The number of hydrogen-bond donors (Lipinski definition) is 0. The molecule has 0 aromatic heterocycles. The van der Waals surface area contributed by atoms with E-state index in [1.165, 1.54) is 77.0 Å². The standard InChI is InChI=1S/C19H39/c1-5-9-11-13-16-19(14-7-3)17-18(8-4)15-12-10-6-2/h17-19H,5-16H2,1-4H3. The first-order valence-corrected chi connectivity index (χ1v) is 9.13. The third-order valence-electron chi connectivity index (χ3n) is 4.34. The van der Waals surface area contributed by atoms with Crippen LogP contribution in [0.15, 0.2) is 0 Å². The second-order valence-corrected chi connectivity index (χ2v) is 6.25. The highest BCUT2D eigenvalue weighted by molar-refractivity contribution is 4.83. The molecule has 0 N–H and O–H groups in total. The third-order valence-corrected chi connectivity index (χ3v) is 4.34. The Kier molecular flexibility index (Phi) is 14.4. The van der Waals surface area contributed by atoms with Gasteiger partial charge in [-0.25, -0.2) is 0 Å². The van der Waals surface area contributed by atoms with Crippen LogP contribution < -0.4 is 0 Å². The van der Waals surface area contributed by atoms with Crippen molar-refractivity contribution in [3.63, 3.8) is 0 Å². The maximum atomic E-state index is 2.73. The molecule has 0 nitrogen and oxygen atoms in total. The van der Waals surface area contributed by atoms with Crippen molar-refractivity contribution in [2.45, 2.75) is 105 Å². The van der Waals surface area contributed by atoms with Crippen LogP contribution in [0.2, 0.25) is 0 Å². The van der Waals surface area contributed by atoms with Crippen molar-refractivity contribution < 1.29 is 0 Å². The molecule has 19 heavy (non-hydrogen) atoms. The lowest BCUT2D eigenvalue weighted by atomic mass is 9.83. The van der Waals surface area contributed by atoms with Gasteiger partial charge < -0.3 is 0 Å². The van der Waals surface area contributed by atoms with Crippen LogP contribution in [0.25, 0.3) is 0 Å². The van der Waals surface area contributed by atoms with Crippen LogP contribution in [-0.4, -0.2) is 0 Å². The van der Waals surface area contributed by atoms with Gasteiger partial charge in [0.05, 0.1) is 0 Å². The number of hydrogen-bond acceptors (Lipinski definition) is 0. The van der Waals surface area contributed by atoms with E-state index < -0.39 is 0 Å². The molecular weight excluding hydrogens is 228 g/mol. The van der Waals surface area contributed by atoms with E-state index in [2.05, 4.69) is 34.1 Å². The van der Waals surface area contributed by atoms with E-state index in [1.807, 2.05) is 0 Å². The summed E-state index contributed by atoms with van der Waals surface area (Å²) in [7, 11) is 0. The van der Waals surface area contributed by atoms with Crippen LogP contribution in [-0.2, 0) is 0 Å². The molecule has 0 saturated carbocycles. The van der Waals surface area contributed by atoms with Gasteiger partial charge in [-0.1, -0.05) is 105 Å². The first-order chi connectivity index (χ1) is 9.28. The van der Waals surface area contributed by atoms with Gasteiger partial charge in [0.25, 0.3) is 0 Å². The van der Waals surface area contributed by atoms with Crippen LogP contribution in [0.3, 0.4) is 0 Å². The minimum Gasteiger partial charge on any atom is -0.0654 e. The molecule has 1 radical (unpaired) electrons. The summed E-state index contributed by atoms with van der Waals surface area (Å²) in [6.07, 6.45) is 19.6. The second kappa shape index (κ2) is 14.4. The maximum absolute atomic E-state index is 2.73. The zero-order valence-electron chi connectivity index (χ0n) is 14.2. The van der Waals surface area contributed by atoms with Gasteiger partial charge in [-0.05, 0) is 18.3 Å². The van der Waals surface area contributed by atoms with E-state index >= 15 is 0 Å². The van der Waals surface area contributed by atoms with Crippen molar-refractivity contribution in [2.75, 3.05) is 0 Å². The van der Waals surface area contributed by atoms with E-state index in [0.717, 1.165) is 11.8 Å². The SMILES string of the molecule is CCCCCCC([CH]C(CC)CCCCC)CCC. The summed E-state index contributed by atoms with van der Waals surface area (Å²) in [6.45, 7) is 9.31. The fourth-order valence-corrected chi connectivity index (χ4v) is 3.02. The maximum Gasteiger partial charge on any atom is -0.0324 e. The average Bonchev–Trinajstić information content (AvgIpc) is 2.42. The number of rotatable bonds is 14. The van der Waals surface area contributed by atoms with Crippen molar-refractivity contribution in [3.8, 4) is 0 Å². The van der Waals surface area contributed by atoms with Gasteiger partial charge >= 0.3 is 0 Å². The van der Waals surface area contributed by atoms with Gasteiger partial charge in [0.1, 0.15) is 0 Å². The smallest absolute Gasteiger partial charge is 0.0324 e. The molecule has 2 atom stereocenters. The molecule has 0 saturated heterocycles. The highest BCUT2D eigenvalue weighted by atomic mass is 14.2. The Morgan fingerprint density at radius 2 is 1.16 bits per heavy atom. The predicted molar refractivity (Wildman–Crippen MR) is 89.4 cm³/mol. The van der Waals surface area contributed by atoms with Gasteiger partial charge in [-0.2, -0.15) is 0 Å². The predicted octanol–water partition coefficient (Wildman–Crippen LogP) is 7.18. The molecule has 115 valence electrons. The van der Waals surface area contributed by atoms with Crippen LogP contribution >= 0.6 is 0 Å². The van der Waals surface area contributed by atoms with Gasteiger partial charge in [-0.3, -0.25) is 0 Å². The summed E-state index contributed by atoms with van der Waals surface area (Å²) >= 11 is 0. The van der Waals surface area contributed by atoms with Crippen molar-refractivity contribution in [2.24, 2.45) is 11.8 Å². The Morgan fingerprint density at radius 1 is 0.579 bits per heavy atom. The molecule has 0 spiro atoms. The van der Waals surface area contributed by atoms with E-state index in [4.69, 9.17) is 0 Å². The Morgan fingerprint density at radius 3 is 1.74 bits per heavy atom. The summed E-state index contributed by atoms with van der Waals surface area (Å²) in [5.74, 6) is 1.78. The summed E-state index contributed by atoms with van der Waals surface area (Å²) in [5, 5.41) is 0. The fourth-order valence-electron chi connectivity index (χ4n) is 3.02. The van der Waals surface area contributed by atoms with Crippen molar-refractivity contribution in [1.29, 1.82) is 0 Å². The highest BCUT2D eigenvalue weighted by Crippen LogP contribution is 2.27. The molecule has 0 rings (SSSR count). The Balaban J connectivity index is 3.91. The molecule has 0 aliphatic rings. The molecule has 0 fully saturated rings. The van der Waals surface area contributed by atoms with Crippen LogP contribution in [0, 0.1) is 18.3 Å². The molecule has 0 heteroatoms. The fraction of sp³-hybridized carbons (Fsp3) is 0.947. The van der Waals surface area contributed by atoms with Gasteiger partial charge in [0.15, 0.2) is 0 Å². The number of unbranched alkanes of at least 4 members (excludes halogenated alkanes) is 5. The monoisotopic (exact) mass is 267 g/mol. The first-order valence-electron chi connectivity index (χ1n) is 9.13. The Bertz CT molecular complexity index is 161. The largest absolute Gasteiger partial charge is 0.0654 e. The van der Waals surface area contributed by atoms with Crippen molar-refractivity contribution in [3.05, 3.63) is 6.42 Å². The molecule has 0 heterocycles. The second-order valence-electron chi connectivity index (χ2n) is 6.25. The van der Waals surface area contributed by atoms with Crippen LogP contribution in [0.5, 0.6) is 0 Å². The molecule has 0 aliphatic carbocycles. The third kappa shape index (κ3) is 11.5. The van der Waals surface area contributed by atoms with Crippen molar-refractivity contribution >= 4 is 0 Å². The summed E-state index contributed by atoms with van der Waals surface area (Å²) in [4.78, 5) is 0. The zero-order chi connectivity index (χ0) is 14.3. The molecule has 0 aliphatic heterocycles. The minimum atomic E-state index is 0.884. The van der Waals surface area contributed by atoms with Crippen LogP contribution in [0.1, 0.15) is 105 Å². The first kappa shape index (κ1) is 19.0. The summed E-state index contributed by atoms with van der Waals surface area (Å²) in [5.41, 5.74) is 0. The van der Waals surface area contributed by atoms with Gasteiger partial charge in [0.2, 0.25) is 0 Å². The summed E-state index contributed by atoms with van der Waals surface area (Å²) < 4.78 is 0. The molecule has 0 bridgehead atoms. The Hall–Kier alpha value is 0. The lowest BCUT2D eigenvalue weighted by Crippen LogP contribution is -2.10. The minimum absolute atomic E-state index is 0.884. The molecular formula is C19H39. The van der Waals surface area contributed by atoms with E-state index in [0.29, 0.717) is 0 Å². The lowest BCUT2D eigenvalue weighted by Gasteiger charge is -2.22. The van der Waals surface area contributed by atoms with Crippen LogP contribution in [0.4, 0.5) is 0 Å². The van der Waals surface area contributed by atoms with Crippen molar-refractivity contribution in [1.82, 2.24) is 0 Å². The topological polar surface area (TPSA) is 0 Å². The quantitative estimate of drug-likeness (QED) is 0.292. The average molecular weight is 268 g/mol. The zero-order valence-corrected chi connectivity index (χ0v) is 14.2. The molecule has 2 unspecified atom stereocenters. The van der Waals surface area contributed by atoms with Gasteiger partial charge in [0, 0.05) is 0 Å². The van der Waals surface area contributed by atoms with E-state index in [1.54, 1.807) is 0 Å². The van der Waals surface area contributed by atoms with Gasteiger partial charge in [-0.15, -0.1) is 0 Å². The van der Waals surface area contributed by atoms with E-state index in [-0.39, 0.29) is 0 Å². The molecule has 0 aromatic carbocycles. The normalized spacial score (nSPS) is 14.5. The van der Waals surface area contributed by atoms with E-state index in [9.17, 15) is 0 Å².